The highest BCUT2D eigenvalue weighted by molar-refractivity contribution is 5.95. The van der Waals surface area contributed by atoms with E-state index in [-0.39, 0.29) is 0 Å². The maximum absolute atomic E-state index is 5.81. The van der Waals surface area contributed by atoms with E-state index >= 15 is 0 Å². The second kappa shape index (κ2) is 3.55. The van der Waals surface area contributed by atoms with Crippen molar-refractivity contribution >= 4 is 22.7 Å². The normalized spacial score (nSPS) is 10.9. The molecule has 0 radical (unpaired) electrons. The Morgan fingerprint density at radius 1 is 1.47 bits per heavy atom. The molecule has 0 spiro atoms. The van der Waals surface area contributed by atoms with Gasteiger partial charge in [-0.25, -0.2) is 0 Å². The lowest BCUT2D eigenvalue weighted by Crippen LogP contribution is -1.83. The molecule has 2 heteroatoms. The first kappa shape index (κ1) is 9.42. The number of terminal acetylenes is 1. The number of nitrogens with two attached hydrogens (primary N) is 1. The lowest BCUT2D eigenvalue weighted by molar-refractivity contribution is 0.578. The van der Waals surface area contributed by atoms with Crippen LogP contribution in [-0.4, -0.2) is 0 Å². The fourth-order valence-electron chi connectivity index (χ4n) is 1.62. The molecule has 0 aliphatic heterocycles. The number of anilines is 1. The van der Waals surface area contributed by atoms with E-state index in [4.69, 9.17) is 16.6 Å². The number of allylic oxidation sites excluding steroid dienone is 1. The summed E-state index contributed by atoms with van der Waals surface area (Å²) in [5.41, 5.74) is 8.18. The zero-order valence-corrected chi connectivity index (χ0v) is 8.45. The summed E-state index contributed by atoms with van der Waals surface area (Å²) >= 11 is 0. The molecule has 0 amide bonds. The molecule has 0 aliphatic carbocycles. The SMILES string of the molecule is C#C/C=C\c1c(C)oc2c(N)cccc12. The number of nitrogen functional groups attached to an aromatic ring is 1. The van der Waals surface area contributed by atoms with E-state index in [2.05, 4.69) is 5.92 Å². The van der Waals surface area contributed by atoms with Crippen LogP contribution in [0.3, 0.4) is 0 Å². The Bertz CT molecular complexity index is 570. The molecule has 2 N–H and O–H groups in total. The second-order valence-electron chi connectivity index (χ2n) is 3.30. The lowest BCUT2D eigenvalue weighted by atomic mass is 10.1. The smallest absolute Gasteiger partial charge is 0.157 e. The van der Waals surface area contributed by atoms with Crippen LogP contribution in [0.1, 0.15) is 11.3 Å². The molecule has 2 rings (SSSR count). The minimum absolute atomic E-state index is 0.649. The number of hydrogen-bond donors (Lipinski definition) is 1. The van der Waals surface area contributed by atoms with Gasteiger partial charge in [0, 0.05) is 10.9 Å². The average Bonchev–Trinajstić information content (AvgIpc) is 2.54. The molecule has 0 saturated heterocycles. The van der Waals surface area contributed by atoms with Crippen molar-refractivity contribution in [2.45, 2.75) is 6.92 Å². The number of fused-ring (bicyclic) bond motifs is 1. The van der Waals surface area contributed by atoms with Crippen LogP contribution in [0.2, 0.25) is 0 Å². The Labute approximate surface area is 88.4 Å². The van der Waals surface area contributed by atoms with Gasteiger partial charge in [-0.3, -0.25) is 0 Å². The van der Waals surface area contributed by atoms with E-state index in [0.717, 1.165) is 22.3 Å². The Kier molecular flexibility index (Phi) is 2.23. The predicted octanol–water partition coefficient (Wildman–Crippen LogP) is 2.97. The van der Waals surface area contributed by atoms with Gasteiger partial charge in [0.05, 0.1) is 5.69 Å². The molecule has 1 aromatic heterocycles. The van der Waals surface area contributed by atoms with Crippen molar-refractivity contribution in [1.82, 2.24) is 0 Å². The van der Waals surface area contributed by atoms with Crippen molar-refractivity contribution in [3.63, 3.8) is 0 Å². The summed E-state index contributed by atoms with van der Waals surface area (Å²) in [6.07, 6.45) is 8.69. The Hall–Kier alpha value is -2.14. The lowest BCUT2D eigenvalue weighted by Gasteiger charge is -1.93. The molecular formula is C13H11NO. The van der Waals surface area contributed by atoms with E-state index in [1.165, 1.54) is 0 Å². The first-order chi connectivity index (χ1) is 7.24. The summed E-state index contributed by atoms with van der Waals surface area (Å²) in [5.74, 6) is 3.29. The molecule has 1 aromatic carbocycles. The third kappa shape index (κ3) is 1.49. The van der Waals surface area contributed by atoms with E-state index < -0.39 is 0 Å². The molecule has 1 heterocycles. The van der Waals surface area contributed by atoms with Gasteiger partial charge in [0.2, 0.25) is 0 Å². The van der Waals surface area contributed by atoms with Crippen LogP contribution in [0.25, 0.3) is 17.0 Å². The highest BCUT2D eigenvalue weighted by atomic mass is 16.3. The largest absolute Gasteiger partial charge is 0.459 e. The average molecular weight is 197 g/mol. The van der Waals surface area contributed by atoms with Crippen molar-refractivity contribution in [2.24, 2.45) is 0 Å². The molecule has 74 valence electrons. The van der Waals surface area contributed by atoms with Crippen molar-refractivity contribution < 1.29 is 4.42 Å². The van der Waals surface area contributed by atoms with Gasteiger partial charge in [0.15, 0.2) is 5.58 Å². The van der Waals surface area contributed by atoms with Crippen LogP contribution >= 0.6 is 0 Å². The van der Waals surface area contributed by atoms with Crippen molar-refractivity contribution in [1.29, 1.82) is 0 Å². The van der Waals surface area contributed by atoms with Gasteiger partial charge in [-0.1, -0.05) is 18.1 Å². The van der Waals surface area contributed by atoms with Crippen molar-refractivity contribution in [3.8, 4) is 12.3 Å². The molecule has 0 unspecified atom stereocenters. The zero-order chi connectivity index (χ0) is 10.8. The van der Waals surface area contributed by atoms with Crippen LogP contribution in [0.5, 0.6) is 0 Å². The van der Waals surface area contributed by atoms with Crippen LogP contribution < -0.4 is 5.73 Å². The molecule has 15 heavy (non-hydrogen) atoms. The minimum Gasteiger partial charge on any atom is -0.459 e. The number of rotatable bonds is 1. The predicted molar refractivity (Wildman–Crippen MR) is 63.2 cm³/mol. The molecule has 0 aliphatic rings. The van der Waals surface area contributed by atoms with Crippen molar-refractivity contribution in [2.75, 3.05) is 5.73 Å². The summed E-state index contributed by atoms with van der Waals surface area (Å²) in [7, 11) is 0. The summed E-state index contributed by atoms with van der Waals surface area (Å²) in [5, 5.41) is 0.999. The van der Waals surface area contributed by atoms with E-state index in [1.807, 2.05) is 31.2 Å². The molecule has 0 bridgehead atoms. The monoisotopic (exact) mass is 197 g/mol. The third-order valence-corrected chi connectivity index (χ3v) is 2.32. The Morgan fingerprint density at radius 3 is 3.00 bits per heavy atom. The van der Waals surface area contributed by atoms with Gasteiger partial charge >= 0.3 is 0 Å². The highest BCUT2D eigenvalue weighted by Crippen LogP contribution is 2.30. The van der Waals surface area contributed by atoms with Gasteiger partial charge in [-0.15, -0.1) is 6.42 Å². The summed E-state index contributed by atoms with van der Waals surface area (Å²) in [6, 6.07) is 5.69. The number of hydrogen-bond acceptors (Lipinski definition) is 2. The standard InChI is InChI=1S/C13H11NO/c1-3-4-6-10-9(2)15-13-11(10)7-5-8-12(13)14/h1,4-8H,14H2,2H3/b6-4-. The first-order valence-electron chi connectivity index (χ1n) is 4.64. The molecule has 0 fully saturated rings. The van der Waals surface area contributed by atoms with Gasteiger partial charge < -0.3 is 10.2 Å². The van der Waals surface area contributed by atoms with Crippen molar-refractivity contribution in [3.05, 3.63) is 35.6 Å². The van der Waals surface area contributed by atoms with E-state index in [1.54, 1.807) is 6.08 Å². The molecular weight excluding hydrogens is 186 g/mol. The van der Waals surface area contributed by atoms with Gasteiger partial charge in [-0.05, 0) is 25.1 Å². The van der Waals surface area contributed by atoms with Gasteiger partial charge in [-0.2, -0.15) is 0 Å². The van der Waals surface area contributed by atoms with Gasteiger partial charge in [0.1, 0.15) is 5.76 Å². The quantitative estimate of drug-likeness (QED) is 0.564. The fourth-order valence-corrected chi connectivity index (χ4v) is 1.62. The Morgan fingerprint density at radius 2 is 2.27 bits per heavy atom. The summed E-state index contributed by atoms with van der Waals surface area (Å²) < 4.78 is 5.58. The van der Waals surface area contributed by atoms with E-state index in [9.17, 15) is 0 Å². The number of para-hydroxylation sites is 1. The molecule has 2 aromatic rings. The maximum Gasteiger partial charge on any atom is 0.157 e. The van der Waals surface area contributed by atoms with Crippen LogP contribution in [0.15, 0.2) is 28.7 Å². The Balaban J connectivity index is 2.75. The summed E-state index contributed by atoms with van der Waals surface area (Å²) in [6.45, 7) is 1.90. The highest BCUT2D eigenvalue weighted by Gasteiger charge is 2.09. The maximum atomic E-state index is 5.81. The number of benzene rings is 1. The first-order valence-corrected chi connectivity index (χ1v) is 4.64. The zero-order valence-electron chi connectivity index (χ0n) is 8.45. The molecule has 0 atom stereocenters. The fraction of sp³-hybridized carbons (Fsp3) is 0.0769. The van der Waals surface area contributed by atoms with E-state index in [0.29, 0.717) is 5.69 Å². The number of aryl methyl sites for hydroxylation is 1. The van der Waals surface area contributed by atoms with Crippen LogP contribution in [0.4, 0.5) is 5.69 Å². The topological polar surface area (TPSA) is 39.2 Å². The van der Waals surface area contributed by atoms with Crippen LogP contribution in [-0.2, 0) is 0 Å². The second-order valence-corrected chi connectivity index (χ2v) is 3.30. The van der Waals surface area contributed by atoms with Gasteiger partial charge in [0.25, 0.3) is 0 Å². The molecule has 0 saturated carbocycles. The number of furan rings is 1. The molecule has 2 nitrogen and oxygen atoms in total. The third-order valence-electron chi connectivity index (χ3n) is 2.32. The summed E-state index contributed by atoms with van der Waals surface area (Å²) in [4.78, 5) is 0. The minimum atomic E-state index is 0.649. The van der Waals surface area contributed by atoms with Crippen LogP contribution in [0, 0.1) is 19.3 Å².